The van der Waals surface area contributed by atoms with E-state index in [1.165, 1.54) is 12.1 Å². The van der Waals surface area contributed by atoms with Crippen LogP contribution in [-0.4, -0.2) is 15.7 Å². The average Bonchev–Trinajstić information content (AvgIpc) is 2.42. The fraction of sp³-hybridized carbons (Fsp3) is 0.333. The minimum atomic E-state index is -1.04. The van der Waals surface area contributed by atoms with Gasteiger partial charge in [-0.25, -0.2) is 4.39 Å². The van der Waals surface area contributed by atoms with Crippen LogP contribution in [0.4, 0.5) is 8.78 Å². The van der Waals surface area contributed by atoms with Crippen LogP contribution in [-0.2, 0) is 6.54 Å². The molecule has 0 saturated carbocycles. The highest BCUT2D eigenvalue weighted by atomic mass is 19.2. The van der Waals surface area contributed by atoms with Gasteiger partial charge < -0.3 is 10.1 Å². The summed E-state index contributed by atoms with van der Waals surface area (Å²) in [5, 5.41) is 11.1. The monoisotopic (exact) mass is 293 g/mol. The second kappa shape index (κ2) is 6.13. The molecule has 1 aromatic heterocycles. The lowest BCUT2D eigenvalue weighted by Gasteiger charge is -2.19. The predicted octanol–water partition coefficient (Wildman–Crippen LogP) is 3.44. The van der Waals surface area contributed by atoms with Gasteiger partial charge >= 0.3 is 0 Å². The highest BCUT2D eigenvalue weighted by Gasteiger charge is 2.11. The van der Waals surface area contributed by atoms with Gasteiger partial charge in [-0.15, -0.1) is 5.10 Å². The smallest absolute Gasteiger partial charge is 0.239 e. The highest BCUT2D eigenvalue weighted by molar-refractivity contribution is 5.29. The lowest BCUT2D eigenvalue weighted by Crippen LogP contribution is -2.35. The van der Waals surface area contributed by atoms with Crippen LogP contribution in [0.5, 0.6) is 11.6 Å². The Morgan fingerprint density at radius 2 is 1.86 bits per heavy atom. The molecule has 0 aliphatic heterocycles. The normalized spacial score (nSPS) is 11.5. The van der Waals surface area contributed by atoms with E-state index in [9.17, 15) is 8.78 Å². The molecule has 0 saturated heterocycles. The number of ether oxygens (including phenoxy) is 1. The van der Waals surface area contributed by atoms with E-state index >= 15 is 0 Å². The third kappa shape index (κ3) is 4.46. The first-order chi connectivity index (χ1) is 9.85. The topological polar surface area (TPSA) is 47.0 Å². The van der Waals surface area contributed by atoms with E-state index in [-0.39, 0.29) is 17.2 Å². The fourth-order valence-electron chi connectivity index (χ4n) is 1.53. The maximum Gasteiger partial charge on any atom is 0.239 e. The van der Waals surface area contributed by atoms with E-state index < -0.39 is 11.6 Å². The minimum absolute atomic E-state index is 0.0262. The summed E-state index contributed by atoms with van der Waals surface area (Å²) >= 11 is 0. The summed E-state index contributed by atoms with van der Waals surface area (Å²) < 4.78 is 31.7. The number of hydrogen-bond donors (Lipinski definition) is 1. The van der Waals surface area contributed by atoms with Gasteiger partial charge in [-0.1, -0.05) is 6.07 Å². The molecule has 0 aliphatic carbocycles. The van der Waals surface area contributed by atoms with Crippen molar-refractivity contribution in [2.75, 3.05) is 0 Å². The van der Waals surface area contributed by atoms with E-state index in [1.54, 1.807) is 12.1 Å². The van der Waals surface area contributed by atoms with Gasteiger partial charge in [-0.3, -0.25) is 0 Å². The molecule has 0 fully saturated rings. The molecule has 2 aromatic rings. The Bertz CT molecular complexity index is 609. The van der Waals surface area contributed by atoms with Gasteiger partial charge in [-0.2, -0.15) is 9.49 Å². The molecule has 1 heterocycles. The SMILES string of the molecule is CC(C)(C)NCc1ccc(Oc2cccc(F)c2F)nn1. The largest absolute Gasteiger partial charge is 0.434 e. The zero-order valence-corrected chi connectivity index (χ0v) is 12.2. The molecule has 21 heavy (non-hydrogen) atoms. The van der Waals surface area contributed by atoms with Crippen LogP contribution < -0.4 is 10.1 Å². The van der Waals surface area contributed by atoms with Crippen molar-refractivity contribution in [1.82, 2.24) is 15.5 Å². The van der Waals surface area contributed by atoms with Crippen molar-refractivity contribution >= 4 is 0 Å². The van der Waals surface area contributed by atoms with Gasteiger partial charge in [0.25, 0.3) is 0 Å². The molecule has 6 heteroatoms. The van der Waals surface area contributed by atoms with E-state index in [0.717, 1.165) is 11.8 Å². The number of aromatic nitrogens is 2. The van der Waals surface area contributed by atoms with Gasteiger partial charge in [0.1, 0.15) is 0 Å². The van der Waals surface area contributed by atoms with Crippen molar-refractivity contribution in [1.29, 1.82) is 0 Å². The lowest BCUT2D eigenvalue weighted by molar-refractivity contribution is 0.397. The van der Waals surface area contributed by atoms with Crippen LogP contribution in [0, 0.1) is 11.6 Å². The molecule has 112 valence electrons. The standard InChI is InChI=1S/C15H17F2N3O/c1-15(2,3)18-9-10-7-8-13(20-19-10)21-12-6-4-5-11(16)14(12)17/h4-8,18H,9H2,1-3H3. The third-order valence-electron chi connectivity index (χ3n) is 2.63. The Labute approximate surface area is 122 Å². The number of rotatable bonds is 4. The van der Waals surface area contributed by atoms with Crippen LogP contribution in [0.1, 0.15) is 26.5 Å². The number of nitrogens with one attached hydrogen (secondary N) is 1. The summed E-state index contributed by atoms with van der Waals surface area (Å²) in [6.45, 7) is 6.70. The molecule has 0 atom stereocenters. The first kappa shape index (κ1) is 15.3. The third-order valence-corrected chi connectivity index (χ3v) is 2.63. The molecule has 0 aliphatic rings. The zero-order valence-electron chi connectivity index (χ0n) is 12.2. The lowest BCUT2D eigenvalue weighted by atomic mass is 10.1. The number of hydrogen-bond acceptors (Lipinski definition) is 4. The second-order valence-corrected chi connectivity index (χ2v) is 5.62. The highest BCUT2D eigenvalue weighted by Crippen LogP contribution is 2.24. The van der Waals surface area contributed by atoms with Crippen molar-refractivity contribution in [2.24, 2.45) is 0 Å². The average molecular weight is 293 g/mol. The number of halogens is 2. The van der Waals surface area contributed by atoms with Crippen molar-refractivity contribution in [3.05, 3.63) is 47.7 Å². The fourth-order valence-corrected chi connectivity index (χ4v) is 1.53. The zero-order chi connectivity index (χ0) is 15.5. The molecule has 0 bridgehead atoms. The summed E-state index contributed by atoms with van der Waals surface area (Å²) in [4.78, 5) is 0. The molecule has 0 amide bonds. The van der Waals surface area contributed by atoms with Crippen molar-refractivity contribution in [2.45, 2.75) is 32.9 Å². The quantitative estimate of drug-likeness (QED) is 0.938. The summed E-state index contributed by atoms with van der Waals surface area (Å²) in [6.07, 6.45) is 0. The Kier molecular flexibility index (Phi) is 4.47. The predicted molar refractivity (Wildman–Crippen MR) is 75.1 cm³/mol. The minimum Gasteiger partial charge on any atom is -0.434 e. The molecule has 1 N–H and O–H groups in total. The molecule has 4 nitrogen and oxygen atoms in total. The van der Waals surface area contributed by atoms with Crippen LogP contribution in [0.15, 0.2) is 30.3 Å². The molecule has 0 spiro atoms. The molecule has 2 rings (SSSR count). The summed E-state index contributed by atoms with van der Waals surface area (Å²) in [6, 6.07) is 7.00. The van der Waals surface area contributed by atoms with Gasteiger partial charge in [0, 0.05) is 18.2 Å². The van der Waals surface area contributed by atoms with E-state index in [1.807, 2.05) is 20.8 Å². The first-order valence-electron chi connectivity index (χ1n) is 6.55. The van der Waals surface area contributed by atoms with Crippen LogP contribution in [0.3, 0.4) is 0 Å². The van der Waals surface area contributed by atoms with Crippen LogP contribution in [0.2, 0.25) is 0 Å². The van der Waals surface area contributed by atoms with Crippen LogP contribution in [0.25, 0.3) is 0 Å². The van der Waals surface area contributed by atoms with Gasteiger partial charge in [-0.05, 0) is 39.0 Å². The van der Waals surface area contributed by atoms with Crippen molar-refractivity contribution < 1.29 is 13.5 Å². The van der Waals surface area contributed by atoms with Crippen LogP contribution >= 0.6 is 0 Å². The van der Waals surface area contributed by atoms with Gasteiger partial charge in [0.2, 0.25) is 11.7 Å². The number of nitrogens with zero attached hydrogens (tertiary/aromatic N) is 2. The number of benzene rings is 1. The Morgan fingerprint density at radius 1 is 1.10 bits per heavy atom. The molecule has 0 radical (unpaired) electrons. The van der Waals surface area contributed by atoms with Crippen molar-refractivity contribution in [3.8, 4) is 11.6 Å². The van der Waals surface area contributed by atoms with Gasteiger partial charge in [0.15, 0.2) is 11.6 Å². The maximum absolute atomic E-state index is 13.5. The summed E-state index contributed by atoms with van der Waals surface area (Å²) in [5.74, 6) is -2.12. The Balaban J connectivity index is 2.04. The Hall–Kier alpha value is -2.08. The second-order valence-electron chi connectivity index (χ2n) is 5.62. The van der Waals surface area contributed by atoms with Crippen molar-refractivity contribution in [3.63, 3.8) is 0 Å². The molecule has 0 unspecified atom stereocenters. The van der Waals surface area contributed by atoms with E-state index in [4.69, 9.17) is 4.74 Å². The molecular weight excluding hydrogens is 276 g/mol. The summed E-state index contributed by atoms with van der Waals surface area (Å²) in [7, 11) is 0. The Morgan fingerprint density at radius 3 is 2.48 bits per heavy atom. The molecular formula is C15H17F2N3O. The van der Waals surface area contributed by atoms with E-state index in [2.05, 4.69) is 15.5 Å². The summed E-state index contributed by atoms with van der Waals surface area (Å²) in [5.41, 5.74) is 0.707. The van der Waals surface area contributed by atoms with E-state index in [0.29, 0.717) is 6.54 Å². The first-order valence-corrected chi connectivity index (χ1v) is 6.55. The molecule has 1 aromatic carbocycles. The van der Waals surface area contributed by atoms with Gasteiger partial charge in [0.05, 0.1) is 5.69 Å². The maximum atomic E-state index is 13.5.